The molecule has 12 rings (SSSR count). The third-order valence-corrected chi connectivity index (χ3v) is 22.6. The summed E-state index contributed by atoms with van der Waals surface area (Å²) in [4.78, 5) is 79.7. The van der Waals surface area contributed by atoms with Crippen LogP contribution in [0.15, 0.2) is 48.1 Å². The van der Waals surface area contributed by atoms with Crippen molar-refractivity contribution in [2.24, 2.45) is 17.8 Å². The third-order valence-electron chi connectivity index (χ3n) is 21.8. The molecule has 10 aliphatic heterocycles. The van der Waals surface area contributed by atoms with Crippen molar-refractivity contribution in [2.45, 2.75) is 290 Å². The number of carbonyl (C=O) groups excluding carboxylic acids is 5. The summed E-state index contributed by atoms with van der Waals surface area (Å²) in [7, 11) is -1.96. The van der Waals surface area contributed by atoms with Crippen LogP contribution in [0.4, 0.5) is 0 Å². The van der Waals surface area contributed by atoms with Gasteiger partial charge in [-0.05, 0) is 120 Å². The molecule has 2 unspecified atom stereocenters. The Labute approximate surface area is 576 Å². The topological polar surface area (TPSA) is 331 Å². The van der Waals surface area contributed by atoms with Gasteiger partial charge in [-0.3, -0.25) is 28.7 Å². The number of carbonyl (C=O) groups is 5. The number of methoxy groups -OCH3 is 1. The van der Waals surface area contributed by atoms with Crippen molar-refractivity contribution in [3.8, 4) is 11.3 Å². The van der Waals surface area contributed by atoms with Gasteiger partial charge in [0, 0.05) is 95.3 Å². The van der Waals surface area contributed by atoms with Gasteiger partial charge in [0.05, 0.1) is 79.9 Å². The van der Waals surface area contributed by atoms with Crippen LogP contribution in [0.25, 0.3) is 11.3 Å². The van der Waals surface area contributed by atoms with E-state index in [1.165, 1.54) is 12.4 Å². The standard InChI is InChI=1S/C70H106N10O17S/c1-10-79(11-2)25-16-14-17-50(75-68(86)60(39(3)4)76-58(83)18-13-12-15-26-80-38-51(77-78-80)43-34-73-69(74-35-43)98(9,87)88)67(85)72-37-59(84)71-36-45(82)31-56-61(89-8)49-30-44(81)29-47-20-22-53-62(92-47)66-65-64(94-53)63-57(95-65)33-70(96-63,97-66)24-23-48-28-41(6)52(90-48)21-19-46-27-40(5)42(7)54(91-46)32-55(49)93-56/h34-35,38-40,45-50,52-57,60-66,82H,6-7,10-33,36-37H2,1-5,8-9H3,(H,71,84)(H,72,85)(H,75,86)(H,76,83)/t40-,45+,46+,47-,48+,49+,50+,52?,53+,54-,55+,56-,57?,60+,61-,62+,63+,64+,65-,66+,70+/m1/s1. The first-order valence-electron chi connectivity index (χ1n) is 36.1. The van der Waals surface area contributed by atoms with Gasteiger partial charge in [0.1, 0.15) is 54.1 Å². The van der Waals surface area contributed by atoms with Crippen molar-refractivity contribution in [1.82, 2.24) is 51.1 Å². The molecule has 98 heavy (non-hydrogen) atoms. The second-order valence-corrected chi connectivity index (χ2v) is 31.2. The van der Waals surface area contributed by atoms with E-state index < -0.39 is 94.5 Å². The molecule has 2 aromatic rings. The molecule has 0 saturated carbocycles. The Hall–Kier alpha value is -5.24. The fourth-order valence-corrected chi connectivity index (χ4v) is 16.8. The fraction of sp³-hybridized carbons (Fsp3) is 0.786. The Bertz CT molecular complexity index is 3230. The SMILES string of the molecule is C=C1C[C@@H]2CC[C@@]34CC5O[C@H]6[C@@H](O3)[C@H]3O[C@H](CC[C@@H]3O[C@H]6[C@H]5O4)CC(=O)C[C@@H]3[C@@H](OC)[C@@H](C[C@H](O)CNC(=O)CNC(=O)[C@H](CCCCN(CC)CC)NC(=O)[C@@H](NC(=O)CCCCCn4cc(-c5cnc(S(C)(=O)=O)nc5)nn4)C(C)C)O[C@H]3C[C@H]3O[C@@H](CCC1O2)C[C@@H](C)C3=C. The van der Waals surface area contributed by atoms with E-state index in [9.17, 15) is 37.5 Å². The smallest absolute Gasteiger partial charge is 0.246 e. The zero-order valence-electron chi connectivity index (χ0n) is 58.2. The monoisotopic (exact) mass is 1390 g/mol. The number of aliphatic hydroxyl groups is 1. The van der Waals surface area contributed by atoms with Crippen molar-refractivity contribution < 1.29 is 80.1 Å². The highest BCUT2D eigenvalue weighted by molar-refractivity contribution is 7.90. The van der Waals surface area contributed by atoms with E-state index >= 15 is 0 Å². The lowest BCUT2D eigenvalue weighted by Crippen LogP contribution is -2.61. The van der Waals surface area contributed by atoms with Crippen molar-refractivity contribution in [2.75, 3.05) is 46.1 Å². The molecule has 0 aromatic carbocycles. The molecule has 10 aliphatic rings. The van der Waals surface area contributed by atoms with Crippen LogP contribution in [0.2, 0.25) is 0 Å². The minimum absolute atomic E-state index is 0.00461. The molecule has 4 amide bonds. The molecule has 27 nitrogen and oxygen atoms in total. The molecule has 21 atom stereocenters. The molecule has 544 valence electrons. The summed E-state index contributed by atoms with van der Waals surface area (Å²) < 4.78 is 86.2. The maximum absolute atomic E-state index is 14.6. The zero-order chi connectivity index (χ0) is 69.6. The highest BCUT2D eigenvalue weighted by Crippen LogP contribution is 2.55. The van der Waals surface area contributed by atoms with Crippen molar-refractivity contribution in [3.05, 3.63) is 42.9 Å². The Balaban J connectivity index is 0.683. The van der Waals surface area contributed by atoms with Gasteiger partial charge in [-0.1, -0.05) is 59.4 Å². The Morgan fingerprint density at radius 3 is 2.28 bits per heavy atom. The average molecular weight is 1390 g/mol. The van der Waals surface area contributed by atoms with E-state index in [1.54, 1.807) is 18.0 Å². The van der Waals surface area contributed by atoms with Gasteiger partial charge in [-0.25, -0.2) is 18.4 Å². The van der Waals surface area contributed by atoms with Crippen LogP contribution in [0.5, 0.6) is 0 Å². The van der Waals surface area contributed by atoms with Gasteiger partial charge in [0.2, 0.25) is 38.6 Å². The highest BCUT2D eigenvalue weighted by atomic mass is 32.2. The molecule has 10 saturated heterocycles. The first-order chi connectivity index (χ1) is 47.0. The summed E-state index contributed by atoms with van der Waals surface area (Å²) in [6.07, 6.45) is 10.4. The predicted molar refractivity (Wildman–Crippen MR) is 356 cm³/mol. The largest absolute Gasteiger partial charge is 0.391 e. The Morgan fingerprint density at radius 1 is 0.786 bits per heavy atom. The molecule has 28 heteroatoms. The minimum Gasteiger partial charge on any atom is -0.391 e. The van der Waals surface area contributed by atoms with E-state index in [1.807, 2.05) is 13.8 Å². The quantitative estimate of drug-likeness (QED) is 0.0465. The number of aryl methyl sites for hydroxylation is 1. The van der Waals surface area contributed by atoms with E-state index in [4.69, 9.17) is 42.6 Å². The number of rotatable bonds is 27. The van der Waals surface area contributed by atoms with Gasteiger partial charge in [-0.2, -0.15) is 0 Å². The maximum atomic E-state index is 14.6. The summed E-state index contributed by atoms with van der Waals surface area (Å²) in [6, 6.07) is -1.96. The Morgan fingerprint density at radius 2 is 1.52 bits per heavy atom. The van der Waals surface area contributed by atoms with Gasteiger partial charge < -0.3 is 73.9 Å². The number of fused-ring (bicyclic) bond motifs is 6. The van der Waals surface area contributed by atoms with Crippen LogP contribution in [0, 0.1) is 17.8 Å². The van der Waals surface area contributed by atoms with Crippen molar-refractivity contribution >= 4 is 39.2 Å². The lowest BCUT2D eigenvalue weighted by atomic mass is 9.81. The van der Waals surface area contributed by atoms with E-state index in [-0.39, 0.29) is 128 Å². The normalized spacial score (nSPS) is 34.0. The molecule has 10 fully saturated rings. The predicted octanol–water partition coefficient (Wildman–Crippen LogP) is 4.56. The van der Waals surface area contributed by atoms with Crippen LogP contribution >= 0.6 is 0 Å². The number of ketones is 1. The molecule has 0 aliphatic carbocycles. The molecular formula is C70H106N10O17S. The lowest BCUT2D eigenvalue weighted by molar-refractivity contribution is -0.292. The number of ether oxygens (including phenoxy) is 9. The summed E-state index contributed by atoms with van der Waals surface area (Å²) >= 11 is 0. The molecular weight excluding hydrogens is 1280 g/mol. The number of hydrogen-bond donors (Lipinski definition) is 5. The minimum atomic E-state index is -3.55. The first-order valence-corrected chi connectivity index (χ1v) is 38.0. The second-order valence-electron chi connectivity index (χ2n) is 29.3. The second kappa shape index (κ2) is 32.8. The summed E-state index contributed by atoms with van der Waals surface area (Å²) in [5, 5.41) is 30.9. The van der Waals surface area contributed by atoms with Crippen LogP contribution in [-0.4, -0.2) is 234 Å². The number of aromatic nitrogens is 5. The molecule has 2 aromatic heterocycles. The average Bonchev–Trinajstić information content (AvgIpc) is 1.55. The number of sulfone groups is 1. The zero-order valence-corrected chi connectivity index (χ0v) is 59.0. The number of nitrogens with one attached hydrogen (secondary N) is 4. The first kappa shape index (κ1) is 74.0. The maximum Gasteiger partial charge on any atom is 0.246 e. The molecule has 0 radical (unpaired) electrons. The number of Topliss-reactive ketones (excluding diaryl/α,β-unsaturated/α-hetero) is 1. The van der Waals surface area contributed by atoms with Crippen LogP contribution in [0.1, 0.15) is 163 Å². The molecule has 12 bridgehead atoms. The number of unbranched alkanes of at least 4 members (excludes halogenated alkanes) is 3. The summed E-state index contributed by atoms with van der Waals surface area (Å²) in [5.74, 6) is -3.42. The van der Waals surface area contributed by atoms with E-state index in [2.05, 4.69) is 80.4 Å². The lowest BCUT2D eigenvalue weighted by Gasteiger charge is -2.47. The van der Waals surface area contributed by atoms with Gasteiger partial charge in [-0.15, -0.1) is 5.10 Å². The van der Waals surface area contributed by atoms with Gasteiger partial charge in [0.25, 0.3) is 0 Å². The highest BCUT2D eigenvalue weighted by Gasteiger charge is 2.69. The fourth-order valence-electron chi connectivity index (χ4n) is 16.3. The Kier molecular flexibility index (Phi) is 24.8. The molecule has 1 spiro atoms. The van der Waals surface area contributed by atoms with Gasteiger partial charge >= 0.3 is 0 Å². The molecule has 12 heterocycles. The summed E-state index contributed by atoms with van der Waals surface area (Å²) in [5.41, 5.74) is 3.05. The van der Waals surface area contributed by atoms with Gasteiger partial charge in [0.15, 0.2) is 5.79 Å². The van der Waals surface area contributed by atoms with E-state index in [0.29, 0.717) is 75.6 Å². The number of nitrogens with zero attached hydrogens (tertiary/aromatic N) is 6. The summed E-state index contributed by atoms with van der Waals surface area (Å²) in [6.45, 7) is 21.4. The number of hydrogen-bond acceptors (Lipinski definition) is 22. The van der Waals surface area contributed by atoms with Crippen molar-refractivity contribution in [3.63, 3.8) is 0 Å². The molecule has 5 N–H and O–H groups in total. The number of aliphatic hydroxyl groups excluding tert-OH is 1. The van der Waals surface area contributed by atoms with E-state index in [0.717, 1.165) is 75.6 Å². The van der Waals surface area contributed by atoms with Crippen molar-refractivity contribution in [1.29, 1.82) is 0 Å². The third kappa shape index (κ3) is 18.0. The van der Waals surface area contributed by atoms with Crippen LogP contribution < -0.4 is 21.3 Å². The van der Waals surface area contributed by atoms with Crippen LogP contribution in [-0.2, 0) is 83.0 Å². The number of amides is 4. The van der Waals surface area contributed by atoms with Crippen LogP contribution in [0.3, 0.4) is 0 Å².